The molecule has 2 rings (SSSR count). The van der Waals surface area contributed by atoms with Crippen LogP contribution in [0.2, 0.25) is 0 Å². The van der Waals surface area contributed by atoms with Crippen LogP contribution in [-0.2, 0) is 9.53 Å². The van der Waals surface area contributed by atoms with Gasteiger partial charge in [0, 0.05) is 13.2 Å². The Morgan fingerprint density at radius 2 is 2.00 bits per heavy atom. The predicted molar refractivity (Wildman–Crippen MR) is 69.0 cm³/mol. The van der Waals surface area contributed by atoms with Gasteiger partial charge >= 0.3 is 0 Å². The van der Waals surface area contributed by atoms with Crippen LogP contribution in [0.5, 0.6) is 0 Å². The number of hydrogen-bond acceptors (Lipinski definition) is 3. The molecule has 0 spiro atoms. The summed E-state index contributed by atoms with van der Waals surface area (Å²) in [5, 5.41) is 12.1. The predicted octanol–water partition coefficient (Wildman–Crippen LogP) is 1.32. The number of aliphatic hydroxyl groups is 1. The standard InChI is InChI=1S/C14H25NO3/c1-9-10(2)18-11(3)12(9)13(17)15-8-14(4-5-14)6-7-16/h9-12,16H,4-8H2,1-3H3,(H,15,17). The van der Waals surface area contributed by atoms with Crippen molar-refractivity contribution in [3.8, 4) is 0 Å². The number of carbonyl (C=O) groups is 1. The third kappa shape index (κ3) is 2.69. The SMILES string of the molecule is CC1OC(C)C(C(=O)NCC2(CCO)CC2)C1C. The van der Waals surface area contributed by atoms with Gasteiger partial charge < -0.3 is 15.2 Å². The quantitative estimate of drug-likeness (QED) is 0.779. The second-order valence-corrected chi connectivity index (χ2v) is 6.12. The number of hydrogen-bond donors (Lipinski definition) is 2. The third-order valence-corrected chi connectivity index (χ3v) is 4.78. The molecule has 4 unspecified atom stereocenters. The second-order valence-electron chi connectivity index (χ2n) is 6.12. The van der Waals surface area contributed by atoms with E-state index in [0.717, 1.165) is 19.3 Å². The highest BCUT2D eigenvalue weighted by molar-refractivity contribution is 5.80. The summed E-state index contributed by atoms with van der Waals surface area (Å²) in [5.74, 6) is 0.349. The van der Waals surface area contributed by atoms with E-state index in [-0.39, 0.29) is 42.0 Å². The van der Waals surface area contributed by atoms with Crippen molar-refractivity contribution in [1.29, 1.82) is 0 Å². The normalized spacial score (nSPS) is 37.6. The first-order valence-electron chi connectivity index (χ1n) is 7.03. The summed E-state index contributed by atoms with van der Waals surface area (Å²) in [6, 6.07) is 0. The van der Waals surface area contributed by atoms with Crippen molar-refractivity contribution >= 4 is 5.91 Å². The van der Waals surface area contributed by atoms with Gasteiger partial charge in [0.15, 0.2) is 0 Å². The highest BCUT2D eigenvalue weighted by atomic mass is 16.5. The Balaban J connectivity index is 1.85. The lowest BCUT2D eigenvalue weighted by atomic mass is 9.88. The lowest BCUT2D eigenvalue weighted by Gasteiger charge is -2.20. The molecule has 1 saturated heterocycles. The van der Waals surface area contributed by atoms with Crippen molar-refractivity contribution in [1.82, 2.24) is 5.32 Å². The molecular formula is C14H25NO3. The summed E-state index contributed by atoms with van der Waals surface area (Å²) in [6.07, 6.45) is 3.20. The molecule has 1 aliphatic heterocycles. The van der Waals surface area contributed by atoms with Crippen molar-refractivity contribution in [3.05, 3.63) is 0 Å². The van der Waals surface area contributed by atoms with Crippen LogP contribution in [0.1, 0.15) is 40.0 Å². The van der Waals surface area contributed by atoms with Gasteiger partial charge in [-0.15, -0.1) is 0 Å². The molecule has 2 aliphatic rings. The number of ether oxygens (including phenoxy) is 1. The molecule has 0 radical (unpaired) electrons. The number of nitrogens with one attached hydrogen (secondary N) is 1. The topological polar surface area (TPSA) is 58.6 Å². The molecule has 2 fully saturated rings. The van der Waals surface area contributed by atoms with E-state index in [4.69, 9.17) is 9.84 Å². The largest absolute Gasteiger partial charge is 0.396 e. The van der Waals surface area contributed by atoms with E-state index < -0.39 is 0 Å². The molecule has 0 aromatic carbocycles. The Labute approximate surface area is 109 Å². The van der Waals surface area contributed by atoms with Crippen LogP contribution in [-0.4, -0.2) is 36.4 Å². The van der Waals surface area contributed by atoms with Crippen LogP contribution >= 0.6 is 0 Å². The van der Waals surface area contributed by atoms with Crippen molar-refractivity contribution < 1.29 is 14.6 Å². The summed E-state index contributed by atoms with van der Waals surface area (Å²) >= 11 is 0. The van der Waals surface area contributed by atoms with E-state index >= 15 is 0 Å². The summed E-state index contributed by atoms with van der Waals surface area (Å²) in [5.41, 5.74) is 0.183. The van der Waals surface area contributed by atoms with Gasteiger partial charge in [-0.05, 0) is 44.4 Å². The Hall–Kier alpha value is -0.610. The van der Waals surface area contributed by atoms with Gasteiger partial charge in [-0.3, -0.25) is 4.79 Å². The summed E-state index contributed by atoms with van der Waals surface area (Å²) in [4.78, 5) is 12.2. The molecule has 18 heavy (non-hydrogen) atoms. The maximum atomic E-state index is 12.2. The first-order valence-corrected chi connectivity index (χ1v) is 7.03. The first kappa shape index (κ1) is 13.8. The van der Waals surface area contributed by atoms with Crippen LogP contribution in [0.25, 0.3) is 0 Å². The molecule has 4 heteroatoms. The average molecular weight is 255 g/mol. The van der Waals surface area contributed by atoms with Gasteiger partial charge in [0.05, 0.1) is 18.1 Å². The van der Waals surface area contributed by atoms with Crippen LogP contribution < -0.4 is 5.32 Å². The zero-order valence-electron chi connectivity index (χ0n) is 11.6. The van der Waals surface area contributed by atoms with E-state index in [1.165, 1.54) is 0 Å². The molecule has 1 amide bonds. The van der Waals surface area contributed by atoms with Crippen LogP contribution in [0.15, 0.2) is 0 Å². The maximum Gasteiger partial charge on any atom is 0.226 e. The van der Waals surface area contributed by atoms with E-state index in [2.05, 4.69) is 12.2 Å². The molecule has 2 N–H and O–H groups in total. The summed E-state index contributed by atoms with van der Waals surface area (Å²) in [7, 11) is 0. The zero-order valence-corrected chi connectivity index (χ0v) is 11.6. The van der Waals surface area contributed by atoms with Crippen LogP contribution in [0.4, 0.5) is 0 Å². The van der Waals surface area contributed by atoms with Crippen molar-refractivity contribution in [3.63, 3.8) is 0 Å². The van der Waals surface area contributed by atoms with E-state index in [0.29, 0.717) is 6.54 Å². The Morgan fingerprint density at radius 3 is 2.44 bits per heavy atom. The van der Waals surface area contributed by atoms with Crippen molar-refractivity contribution in [2.75, 3.05) is 13.2 Å². The number of amides is 1. The van der Waals surface area contributed by atoms with Crippen LogP contribution in [0, 0.1) is 17.3 Å². The van der Waals surface area contributed by atoms with Crippen LogP contribution in [0.3, 0.4) is 0 Å². The molecule has 4 atom stereocenters. The lowest BCUT2D eigenvalue weighted by Crippen LogP contribution is -2.40. The maximum absolute atomic E-state index is 12.2. The highest BCUT2D eigenvalue weighted by Crippen LogP contribution is 2.48. The molecule has 1 heterocycles. The fraction of sp³-hybridized carbons (Fsp3) is 0.929. The Kier molecular flexibility index (Phi) is 3.97. The van der Waals surface area contributed by atoms with Gasteiger partial charge in [-0.2, -0.15) is 0 Å². The molecule has 0 aromatic heterocycles. The summed E-state index contributed by atoms with van der Waals surface area (Å²) in [6.45, 7) is 7.01. The minimum atomic E-state index is -0.0371. The fourth-order valence-corrected chi connectivity index (χ4v) is 3.04. The fourth-order valence-electron chi connectivity index (χ4n) is 3.04. The molecule has 0 bridgehead atoms. The van der Waals surface area contributed by atoms with Crippen molar-refractivity contribution in [2.45, 2.75) is 52.2 Å². The molecule has 1 saturated carbocycles. The summed E-state index contributed by atoms with van der Waals surface area (Å²) < 4.78 is 5.70. The lowest BCUT2D eigenvalue weighted by molar-refractivity contribution is -0.127. The smallest absolute Gasteiger partial charge is 0.226 e. The zero-order chi connectivity index (χ0) is 13.3. The van der Waals surface area contributed by atoms with Gasteiger partial charge in [0.2, 0.25) is 5.91 Å². The third-order valence-electron chi connectivity index (χ3n) is 4.78. The molecule has 1 aliphatic carbocycles. The van der Waals surface area contributed by atoms with Gasteiger partial charge in [0.1, 0.15) is 0 Å². The highest BCUT2D eigenvalue weighted by Gasteiger charge is 2.45. The molecule has 0 aromatic rings. The average Bonchev–Trinajstić information content (AvgIpc) is 3.02. The van der Waals surface area contributed by atoms with Gasteiger partial charge in [-0.1, -0.05) is 6.92 Å². The number of aliphatic hydroxyl groups excluding tert-OH is 1. The minimum Gasteiger partial charge on any atom is -0.396 e. The Bertz CT molecular complexity index is 314. The van der Waals surface area contributed by atoms with E-state index in [9.17, 15) is 4.79 Å². The Morgan fingerprint density at radius 1 is 1.33 bits per heavy atom. The number of carbonyl (C=O) groups excluding carboxylic acids is 1. The van der Waals surface area contributed by atoms with Crippen molar-refractivity contribution in [2.24, 2.45) is 17.3 Å². The van der Waals surface area contributed by atoms with Gasteiger partial charge in [0.25, 0.3) is 0 Å². The van der Waals surface area contributed by atoms with Gasteiger partial charge in [-0.25, -0.2) is 0 Å². The first-order chi connectivity index (χ1) is 8.49. The molecular weight excluding hydrogens is 230 g/mol. The molecule has 4 nitrogen and oxygen atoms in total. The monoisotopic (exact) mass is 255 g/mol. The van der Waals surface area contributed by atoms with E-state index in [1.54, 1.807) is 0 Å². The minimum absolute atomic E-state index is 0.00277. The second kappa shape index (κ2) is 5.17. The number of rotatable bonds is 5. The molecule has 104 valence electrons. The van der Waals surface area contributed by atoms with E-state index in [1.807, 2.05) is 13.8 Å².